The van der Waals surface area contributed by atoms with E-state index in [0.29, 0.717) is 50.5 Å². The summed E-state index contributed by atoms with van der Waals surface area (Å²) in [7, 11) is -3.70. The number of nitrogens with two attached hydrogens (primary N) is 1. The van der Waals surface area contributed by atoms with Crippen LogP contribution in [0.1, 0.15) is 16.7 Å². The third-order valence-electron chi connectivity index (χ3n) is 6.08. The van der Waals surface area contributed by atoms with E-state index in [4.69, 9.17) is 10.5 Å². The van der Waals surface area contributed by atoms with Crippen LogP contribution in [-0.2, 0) is 37.3 Å². The molecule has 3 N–H and O–H groups in total. The Morgan fingerprint density at radius 3 is 2.52 bits per heavy atom. The molecule has 1 atom stereocenters. The van der Waals surface area contributed by atoms with E-state index in [1.807, 2.05) is 24.3 Å². The Morgan fingerprint density at radius 1 is 1.12 bits per heavy atom. The van der Waals surface area contributed by atoms with Gasteiger partial charge in [-0.05, 0) is 42.2 Å². The first kappa shape index (κ1) is 23.4. The number of carbonyl (C=O) groups is 2. The molecule has 176 valence electrons. The van der Waals surface area contributed by atoms with E-state index in [0.717, 1.165) is 11.1 Å². The Bertz CT molecular complexity index is 1160. The number of hydrogen-bond acceptors (Lipinski definition) is 6. The largest absolute Gasteiger partial charge is 0.379 e. The van der Waals surface area contributed by atoms with Gasteiger partial charge in [0.1, 0.15) is 0 Å². The van der Waals surface area contributed by atoms with Crippen LogP contribution in [0.25, 0.3) is 0 Å². The van der Waals surface area contributed by atoms with Gasteiger partial charge < -0.3 is 15.8 Å². The zero-order valence-corrected chi connectivity index (χ0v) is 19.3. The van der Waals surface area contributed by atoms with Crippen LogP contribution in [-0.4, -0.2) is 68.3 Å². The Hall–Kier alpha value is -2.79. The minimum absolute atomic E-state index is 0.0403. The molecule has 1 saturated heterocycles. The van der Waals surface area contributed by atoms with Crippen molar-refractivity contribution in [3.63, 3.8) is 0 Å². The molecule has 2 aliphatic heterocycles. The van der Waals surface area contributed by atoms with Crippen molar-refractivity contribution >= 4 is 27.5 Å². The highest BCUT2D eigenvalue weighted by Crippen LogP contribution is 2.26. The van der Waals surface area contributed by atoms with Crippen molar-refractivity contribution < 1.29 is 22.7 Å². The van der Waals surface area contributed by atoms with Gasteiger partial charge in [-0.1, -0.05) is 30.3 Å². The van der Waals surface area contributed by atoms with Crippen LogP contribution in [0, 0.1) is 6.92 Å². The molecule has 2 aromatic carbocycles. The van der Waals surface area contributed by atoms with Crippen molar-refractivity contribution in [1.29, 1.82) is 0 Å². The van der Waals surface area contributed by atoms with E-state index in [1.165, 1.54) is 10.4 Å². The van der Waals surface area contributed by atoms with Gasteiger partial charge in [0.25, 0.3) is 0 Å². The number of sulfonamides is 1. The van der Waals surface area contributed by atoms with Crippen LogP contribution in [0.15, 0.2) is 47.4 Å². The number of carbonyl (C=O) groups excluding carboxylic acids is 2. The molecule has 2 aromatic rings. The van der Waals surface area contributed by atoms with Crippen molar-refractivity contribution in [2.75, 3.05) is 38.2 Å². The summed E-state index contributed by atoms with van der Waals surface area (Å²) in [5.74, 6) is -0.828. The number of morpholine rings is 1. The van der Waals surface area contributed by atoms with Gasteiger partial charge in [0.05, 0.1) is 30.7 Å². The molecule has 2 amide bonds. The summed E-state index contributed by atoms with van der Waals surface area (Å²) >= 11 is 0. The van der Waals surface area contributed by atoms with Crippen LogP contribution in [0.5, 0.6) is 0 Å². The van der Waals surface area contributed by atoms with Gasteiger partial charge in [0, 0.05) is 25.3 Å². The average Bonchev–Trinajstić information content (AvgIpc) is 2.80. The standard InChI is InChI=1S/C23H28N4O5S/c1-16-6-7-19(13-21(16)33(30,31)27-8-10-32-11-9-27)25-22(28)15-26-14-18-5-3-2-4-17(18)12-20(26)23(24)29/h2-7,13,20H,8-12,14-15H2,1H3,(H2,24,29)(H,25,28)/t20-/m0/s1. The molecule has 2 heterocycles. The first-order valence-electron chi connectivity index (χ1n) is 10.8. The van der Waals surface area contributed by atoms with Crippen molar-refractivity contribution in [3.05, 3.63) is 59.2 Å². The van der Waals surface area contributed by atoms with Crippen molar-refractivity contribution in [2.45, 2.75) is 30.8 Å². The fraction of sp³-hybridized carbons (Fsp3) is 0.391. The number of amides is 2. The van der Waals surface area contributed by atoms with Crippen molar-refractivity contribution in [1.82, 2.24) is 9.21 Å². The third-order valence-corrected chi connectivity index (χ3v) is 8.12. The quantitative estimate of drug-likeness (QED) is 0.643. The topological polar surface area (TPSA) is 122 Å². The summed E-state index contributed by atoms with van der Waals surface area (Å²) < 4.78 is 32.8. The summed E-state index contributed by atoms with van der Waals surface area (Å²) in [5, 5.41) is 2.77. The van der Waals surface area contributed by atoms with E-state index in [9.17, 15) is 18.0 Å². The lowest BCUT2D eigenvalue weighted by molar-refractivity contribution is -0.125. The van der Waals surface area contributed by atoms with Gasteiger partial charge in [-0.25, -0.2) is 8.42 Å². The maximum Gasteiger partial charge on any atom is 0.243 e. The molecule has 0 bridgehead atoms. The molecular weight excluding hydrogens is 444 g/mol. The van der Waals surface area contributed by atoms with E-state index >= 15 is 0 Å². The van der Waals surface area contributed by atoms with Crippen LogP contribution < -0.4 is 11.1 Å². The van der Waals surface area contributed by atoms with Crippen LogP contribution >= 0.6 is 0 Å². The van der Waals surface area contributed by atoms with Gasteiger partial charge in [-0.3, -0.25) is 14.5 Å². The normalized spacial score (nSPS) is 19.6. The second-order valence-corrected chi connectivity index (χ2v) is 10.2. The number of nitrogens with one attached hydrogen (secondary N) is 1. The number of rotatable bonds is 6. The highest BCUT2D eigenvalue weighted by molar-refractivity contribution is 7.89. The zero-order chi connectivity index (χ0) is 23.6. The minimum Gasteiger partial charge on any atom is -0.379 e. The van der Waals surface area contributed by atoms with Gasteiger partial charge in [0.15, 0.2) is 0 Å². The molecule has 0 aliphatic carbocycles. The SMILES string of the molecule is Cc1ccc(NC(=O)CN2Cc3ccccc3C[C@H]2C(N)=O)cc1S(=O)(=O)N1CCOCC1. The van der Waals surface area contributed by atoms with E-state index in [-0.39, 0.29) is 17.3 Å². The Labute approximate surface area is 193 Å². The lowest BCUT2D eigenvalue weighted by Crippen LogP contribution is -2.50. The molecule has 9 nitrogen and oxygen atoms in total. The molecule has 0 radical (unpaired) electrons. The molecule has 0 spiro atoms. The summed E-state index contributed by atoms with van der Waals surface area (Å²) in [6.07, 6.45) is 0.450. The van der Waals surface area contributed by atoms with Gasteiger partial charge in [-0.2, -0.15) is 4.31 Å². The minimum atomic E-state index is -3.70. The first-order chi connectivity index (χ1) is 15.8. The zero-order valence-electron chi connectivity index (χ0n) is 18.5. The monoisotopic (exact) mass is 472 g/mol. The second kappa shape index (κ2) is 9.60. The third kappa shape index (κ3) is 5.09. The number of fused-ring (bicyclic) bond motifs is 1. The number of anilines is 1. The number of nitrogens with zero attached hydrogens (tertiary/aromatic N) is 2. The van der Waals surface area contributed by atoms with Crippen molar-refractivity contribution in [2.24, 2.45) is 5.73 Å². The smallest absolute Gasteiger partial charge is 0.243 e. The van der Waals surface area contributed by atoms with E-state index < -0.39 is 22.0 Å². The van der Waals surface area contributed by atoms with Gasteiger partial charge >= 0.3 is 0 Å². The van der Waals surface area contributed by atoms with Gasteiger partial charge in [0.2, 0.25) is 21.8 Å². The maximum absolute atomic E-state index is 13.1. The molecule has 0 saturated carbocycles. The Balaban J connectivity index is 1.49. The fourth-order valence-electron chi connectivity index (χ4n) is 4.29. The fourth-order valence-corrected chi connectivity index (χ4v) is 5.95. The molecule has 1 fully saturated rings. The Kier molecular flexibility index (Phi) is 6.80. The lowest BCUT2D eigenvalue weighted by atomic mass is 9.93. The lowest BCUT2D eigenvalue weighted by Gasteiger charge is -2.34. The molecular formula is C23H28N4O5S. The summed E-state index contributed by atoms with van der Waals surface area (Å²) in [4.78, 5) is 26.8. The van der Waals surface area contributed by atoms with Crippen LogP contribution in [0.3, 0.4) is 0 Å². The molecule has 4 rings (SSSR count). The van der Waals surface area contributed by atoms with E-state index in [1.54, 1.807) is 24.0 Å². The Morgan fingerprint density at radius 2 is 1.82 bits per heavy atom. The number of ether oxygens (including phenoxy) is 1. The molecule has 0 aromatic heterocycles. The number of primary amides is 1. The van der Waals surface area contributed by atoms with Gasteiger partial charge in [-0.15, -0.1) is 0 Å². The maximum atomic E-state index is 13.1. The predicted octanol–water partition coefficient (Wildman–Crippen LogP) is 0.867. The van der Waals surface area contributed by atoms with Crippen LogP contribution in [0.2, 0.25) is 0 Å². The molecule has 2 aliphatic rings. The number of hydrogen-bond donors (Lipinski definition) is 2. The number of aryl methyl sites for hydroxylation is 1. The van der Waals surface area contributed by atoms with Crippen molar-refractivity contribution in [3.8, 4) is 0 Å². The first-order valence-corrected chi connectivity index (χ1v) is 12.3. The van der Waals surface area contributed by atoms with E-state index in [2.05, 4.69) is 5.32 Å². The molecule has 10 heteroatoms. The average molecular weight is 473 g/mol. The summed E-state index contributed by atoms with van der Waals surface area (Å²) in [6.45, 7) is 3.42. The highest BCUT2D eigenvalue weighted by atomic mass is 32.2. The summed E-state index contributed by atoms with van der Waals surface area (Å²) in [5.41, 5.74) is 8.69. The predicted molar refractivity (Wildman–Crippen MR) is 123 cm³/mol. The van der Waals surface area contributed by atoms with Crippen LogP contribution in [0.4, 0.5) is 5.69 Å². The molecule has 33 heavy (non-hydrogen) atoms. The highest BCUT2D eigenvalue weighted by Gasteiger charge is 2.32. The molecule has 0 unspecified atom stereocenters. The second-order valence-electron chi connectivity index (χ2n) is 8.34. The number of benzene rings is 2. The summed E-state index contributed by atoms with van der Waals surface area (Å²) in [6, 6.07) is 12.0.